The zero-order valence-electron chi connectivity index (χ0n) is 16.4. The minimum atomic E-state index is 0. The van der Waals surface area contributed by atoms with Crippen LogP contribution in [0.15, 0.2) is 4.99 Å². The lowest BCUT2D eigenvalue weighted by atomic mass is 9.95. The van der Waals surface area contributed by atoms with Crippen molar-refractivity contribution < 1.29 is 9.53 Å². The first-order valence-electron chi connectivity index (χ1n) is 9.90. The standard InChI is InChI=1S/C19H34N4O2.HI/c1-4-25-13-15-7-8-23(12-15)19(20-11-18(24)22(2)3)21-17-10-14-5-6-16(17)9-14;/h14-17H,4-13H2,1-3H3,(H,20,21);1H. The van der Waals surface area contributed by atoms with Gasteiger partial charge in [0.05, 0.1) is 6.61 Å². The number of fused-ring (bicyclic) bond motifs is 2. The molecule has 0 aromatic carbocycles. The number of carbonyl (C=O) groups is 1. The van der Waals surface area contributed by atoms with Crippen LogP contribution in [0.3, 0.4) is 0 Å². The monoisotopic (exact) mass is 478 g/mol. The van der Waals surface area contributed by atoms with E-state index in [1.165, 1.54) is 25.7 Å². The fraction of sp³-hybridized carbons (Fsp3) is 0.895. The Balaban J connectivity index is 0.00000243. The Bertz CT molecular complexity index is 500. The molecule has 0 radical (unpaired) electrons. The van der Waals surface area contributed by atoms with Crippen molar-refractivity contribution in [2.24, 2.45) is 22.7 Å². The number of halogens is 1. The van der Waals surface area contributed by atoms with Gasteiger partial charge in [-0.25, -0.2) is 4.99 Å². The molecule has 150 valence electrons. The Morgan fingerprint density at radius 2 is 2.08 bits per heavy atom. The van der Waals surface area contributed by atoms with Crippen LogP contribution < -0.4 is 5.32 Å². The zero-order valence-corrected chi connectivity index (χ0v) is 18.8. The second kappa shape index (κ2) is 10.1. The second-order valence-electron chi connectivity index (χ2n) is 8.11. The van der Waals surface area contributed by atoms with E-state index in [-0.39, 0.29) is 36.4 Å². The lowest BCUT2D eigenvalue weighted by Gasteiger charge is -2.29. The molecule has 1 amide bonds. The molecule has 7 heteroatoms. The SMILES string of the molecule is CCOCC1CCN(C(=NCC(=O)N(C)C)NC2CC3CCC2C3)C1.I. The number of rotatable bonds is 6. The number of hydrogen-bond acceptors (Lipinski definition) is 3. The molecule has 2 saturated carbocycles. The molecule has 26 heavy (non-hydrogen) atoms. The zero-order chi connectivity index (χ0) is 17.8. The van der Waals surface area contributed by atoms with Crippen molar-refractivity contribution in [2.45, 2.75) is 45.1 Å². The highest BCUT2D eigenvalue weighted by Gasteiger charge is 2.40. The van der Waals surface area contributed by atoms with E-state index in [2.05, 4.69) is 15.2 Å². The predicted molar refractivity (Wildman–Crippen MR) is 115 cm³/mol. The fourth-order valence-electron chi connectivity index (χ4n) is 4.55. The van der Waals surface area contributed by atoms with Crippen LogP contribution in [0.4, 0.5) is 0 Å². The summed E-state index contributed by atoms with van der Waals surface area (Å²) in [6.45, 7) is 5.85. The van der Waals surface area contributed by atoms with E-state index in [1.54, 1.807) is 19.0 Å². The maximum absolute atomic E-state index is 12.0. The maximum Gasteiger partial charge on any atom is 0.243 e. The normalized spacial score (nSPS) is 30.4. The Morgan fingerprint density at radius 1 is 1.27 bits per heavy atom. The number of amides is 1. The molecule has 1 N–H and O–H groups in total. The van der Waals surface area contributed by atoms with Crippen molar-refractivity contribution >= 4 is 35.8 Å². The molecule has 3 rings (SSSR count). The molecular formula is C19H35IN4O2. The molecule has 2 aliphatic carbocycles. The van der Waals surface area contributed by atoms with Gasteiger partial charge in [-0.05, 0) is 44.4 Å². The van der Waals surface area contributed by atoms with Crippen molar-refractivity contribution in [1.29, 1.82) is 0 Å². The number of ether oxygens (including phenoxy) is 1. The minimum absolute atomic E-state index is 0. The van der Waals surface area contributed by atoms with E-state index in [0.29, 0.717) is 12.0 Å². The van der Waals surface area contributed by atoms with Crippen LogP contribution >= 0.6 is 24.0 Å². The Hall–Kier alpha value is -0.570. The average molecular weight is 478 g/mol. The van der Waals surface area contributed by atoms with Gasteiger partial charge in [-0.3, -0.25) is 4.79 Å². The number of nitrogens with one attached hydrogen (secondary N) is 1. The third-order valence-electron chi connectivity index (χ3n) is 6.06. The van der Waals surface area contributed by atoms with Gasteiger partial charge in [0.1, 0.15) is 6.54 Å². The van der Waals surface area contributed by atoms with E-state index in [4.69, 9.17) is 4.74 Å². The Morgan fingerprint density at radius 3 is 2.69 bits per heavy atom. The van der Waals surface area contributed by atoms with Gasteiger partial charge in [0.25, 0.3) is 0 Å². The van der Waals surface area contributed by atoms with Crippen LogP contribution in [0.5, 0.6) is 0 Å². The summed E-state index contributed by atoms with van der Waals surface area (Å²) in [5.41, 5.74) is 0. The molecule has 0 spiro atoms. The van der Waals surface area contributed by atoms with Crippen molar-refractivity contribution in [1.82, 2.24) is 15.1 Å². The first-order chi connectivity index (χ1) is 12.1. The van der Waals surface area contributed by atoms with E-state index in [0.717, 1.165) is 50.5 Å². The average Bonchev–Trinajstić information content (AvgIpc) is 3.32. The predicted octanol–water partition coefficient (Wildman–Crippen LogP) is 2.19. The lowest BCUT2D eigenvalue weighted by Crippen LogP contribution is -2.47. The summed E-state index contributed by atoms with van der Waals surface area (Å²) < 4.78 is 5.60. The molecule has 1 heterocycles. The lowest BCUT2D eigenvalue weighted by molar-refractivity contribution is -0.127. The highest BCUT2D eigenvalue weighted by atomic mass is 127. The van der Waals surface area contributed by atoms with Gasteiger partial charge in [-0.1, -0.05) is 6.42 Å². The highest BCUT2D eigenvalue weighted by molar-refractivity contribution is 14.0. The van der Waals surface area contributed by atoms with Crippen molar-refractivity contribution in [3.63, 3.8) is 0 Å². The largest absolute Gasteiger partial charge is 0.381 e. The topological polar surface area (TPSA) is 57.2 Å². The third-order valence-corrected chi connectivity index (χ3v) is 6.06. The third kappa shape index (κ3) is 5.47. The first-order valence-corrected chi connectivity index (χ1v) is 9.90. The van der Waals surface area contributed by atoms with Crippen LogP contribution in [-0.4, -0.2) is 74.7 Å². The van der Waals surface area contributed by atoms with Crippen LogP contribution in [-0.2, 0) is 9.53 Å². The summed E-state index contributed by atoms with van der Waals surface area (Å²) in [5.74, 6) is 3.25. The molecule has 4 unspecified atom stereocenters. The molecular weight excluding hydrogens is 443 g/mol. The quantitative estimate of drug-likeness (QED) is 0.361. The van der Waals surface area contributed by atoms with Crippen molar-refractivity contribution in [2.75, 3.05) is 46.9 Å². The fourth-order valence-corrected chi connectivity index (χ4v) is 4.55. The molecule has 0 aromatic heterocycles. The van der Waals surface area contributed by atoms with Gasteiger partial charge in [0, 0.05) is 45.8 Å². The number of likely N-dealkylation sites (tertiary alicyclic amines) is 1. The number of hydrogen-bond donors (Lipinski definition) is 1. The smallest absolute Gasteiger partial charge is 0.243 e. The summed E-state index contributed by atoms with van der Waals surface area (Å²) in [6, 6.07) is 0.540. The summed E-state index contributed by atoms with van der Waals surface area (Å²) in [5, 5.41) is 3.72. The summed E-state index contributed by atoms with van der Waals surface area (Å²) in [4.78, 5) is 20.6. The van der Waals surface area contributed by atoms with Crippen LogP contribution in [0, 0.1) is 17.8 Å². The molecule has 4 atom stereocenters. The summed E-state index contributed by atoms with van der Waals surface area (Å²) in [7, 11) is 3.57. The van der Waals surface area contributed by atoms with Gasteiger partial charge in [-0.15, -0.1) is 24.0 Å². The molecule has 1 saturated heterocycles. The molecule has 2 bridgehead atoms. The number of likely N-dealkylation sites (N-methyl/N-ethyl adjacent to an activating group) is 1. The van der Waals surface area contributed by atoms with Crippen LogP contribution in [0.1, 0.15) is 39.0 Å². The van der Waals surface area contributed by atoms with Crippen LogP contribution in [0.25, 0.3) is 0 Å². The molecule has 0 aromatic rings. The highest BCUT2D eigenvalue weighted by Crippen LogP contribution is 2.44. The van der Waals surface area contributed by atoms with Crippen LogP contribution in [0.2, 0.25) is 0 Å². The van der Waals surface area contributed by atoms with Crippen molar-refractivity contribution in [3.05, 3.63) is 0 Å². The Kier molecular flexibility index (Phi) is 8.44. The minimum Gasteiger partial charge on any atom is -0.381 e. The summed E-state index contributed by atoms with van der Waals surface area (Å²) >= 11 is 0. The van der Waals surface area contributed by atoms with E-state index in [9.17, 15) is 4.79 Å². The van der Waals surface area contributed by atoms with Gasteiger partial charge in [-0.2, -0.15) is 0 Å². The molecule has 6 nitrogen and oxygen atoms in total. The van der Waals surface area contributed by atoms with Gasteiger partial charge >= 0.3 is 0 Å². The Labute approximate surface area is 175 Å². The number of aliphatic imine (C=N–C) groups is 1. The molecule has 3 fully saturated rings. The van der Waals surface area contributed by atoms with Gasteiger partial charge in [0.2, 0.25) is 5.91 Å². The van der Waals surface area contributed by atoms with E-state index >= 15 is 0 Å². The van der Waals surface area contributed by atoms with Gasteiger partial charge < -0.3 is 19.9 Å². The number of guanidine groups is 1. The molecule has 3 aliphatic rings. The first kappa shape index (κ1) is 21.7. The molecule has 1 aliphatic heterocycles. The summed E-state index contributed by atoms with van der Waals surface area (Å²) in [6.07, 6.45) is 6.52. The van der Waals surface area contributed by atoms with Crippen molar-refractivity contribution in [3.8, 4) is 0 Å². The van der Waals surface area contributed by atoms with Gasteiger partial charge in [0.15, 0.2) is 5.96 Å². The second-order valence-corrected chi connectivity index (χ2v) is 8.11. The van der Waals surface area contributed by atoms with E-state index < -0.39 is 0 Å². The van der Waals surface area contributed by atoms with E-state index in [1.807, 2.05) is 6.92 Å². The number of carbonyl (C=O) groups excluding carboxylic acids is 1. The maximum atomic E-state index is 12.0. The number of nitrogens with zero attached hydrogens (tertiary/aromatic N) is 3.